The summed E-state index contributed by atoms with van der Waals surface area (Å²) >= 11 is 1.44. The van der Waals surface area contributed by atoms with Gasteiger partial charge in [-0.2, -0.15) is 0 Å². The zero-order valence-corrected chi connectivity index (χ0v) is 12.5. The molecule has 0 aliphatic carbocycles. The van der Waals surface area contributed by atoms with E-state index < -0.39 is 18.4 Å². The Bertz CT molecular complexity index is 649. The van der Waals surface area contributed by atoms with Gasteiger partial charge in [-0.05, 0) is 6.26 Å². The summed E-state index contributed by atoms with van der Waals surface area (Å²) in [5, 5.41) is 22.7. The number of nitrogens with zero attached hydrogens (tertiary/aromatic N) is 4. The highest BCUT2D eigenvalue weighted by atomic mass is 32.2. The van der Waals surface area contributed by atoms with Gasteiger partial charge in [0.05, 0.1) is 19.0 Å². The summed E-state index contributed by atoms with van der Waals surface area (Å²) in [5.74, 6) is 0.653. The lowest BCUT2D eigenvalue weighted by atomic mass is 10.2. The number of rotatable bonds is 4. The Balaban J connectivity index is 2.04. The van der Waals surface area contributed by atoms with Gasteiger partial charge < -0.3 is 20.3 Å². The Morgan fingerprint density at radius 3 is 2.95 bits per heavy atom. The molecular weight excluding hydrogens is 294 g/mol. The summed E-state index contributed by atoms with van der Waals surface area (Å²) in [6.07, 6.45) is 2.27. The van der Waals surface area contributed by atoms with Gasteiger partial charge in [0.15, 0.2) is 22.1 Å². The fourth-order valence-electron chi connectivity index (χ4n) is 2.42. The topological polar surface area (TPSA) is 105 Å². The van der Waals surface area contributed by atoms with Crippen molar-refractivity contribution in [2.24, 2.45) is 0 Å². The first-order valence-corrected chi connectivity index (χ1v) is 7.81. The van der Waals surface area contributed by atoms with E-state index in [1.807, 2.05) is 6.26 Å². The number of ether oxygens (including phenoxy) is 1. The molecule has 3 heterocycles. The molecule has 0 unspecified atom stereocenters. The minimum Gasteiger partial charge on any atom is -0.394 e. The van der Waals surface area contributed by atoms with Crippen LogP contribution in [0.1, 0.15) is 12.6 Å². The minimum atomic E-state index is -0.692. The molecule has 9 heteroatoms. The van der Waals surface area contributed by atoms with Crippen molar-refractivity contribution in [1.29, 1.82) is 0 Å². The Labute approximate surface area is 125 Å². The molecule has 0 spiro atoms. The average Bonchev–Trinajstić information content (AvgIpc) is 3.08. The standard InChI is InChI=1S/C12H17N5O3S/c1-13-10-9-11(16-12(15-10)21-2)17(5-14-9)8-3-6(19)7(4-18)20-8/h5-8,18-19H,3-4H2,1-2H3,(H,13,15,16)/t6-,7+,8+/m0/s1. The average molecular weight is 311 g/mol. The molecule has 3 rings (SSSR count). The van der Waals surface area contributed by atoms with Crippen LogP contribution < -0.4 is 5.32 Å². The van der Waals surface area contributed by atoms with E-state index in [1.54, 1.807) is 17.9 Å². The lowest BCUT2D eigenvalue weighted by Gasteiger charge is -2.14. The lowest BCUT2D eigenvalue weighted by Crippen LogP contribution is -2.24. The summed E-state index contributed by atoms with van der Waals surface area (Å²) in [6, 6.07) is 0. The number of hydrogen-bond acceptors (Lipinski definition) is 8. The van der Waals surface area contributed by atoms with Gasteiger partial charge in [-0.15, -0.1) is 0 Å². The Hall–Kier alpha value is -1.42. The number of aliphatic hydroxyl groups excluding tert-OH is 2. The molecule has 0 bridgehead atoms. The molecule has 2 aromatic rings. The molecule has 0 saturated carbocycles. The molecular formula is C12H17N5O3S. The Morgan fingerprint density at radius 1 is 1.52 bits per heavy atom. The number of aliphatic hydroxyl groups is 2. The molecule has 21 heavy (non-hydrogen) atoms. The highest BCUT2D eigenvalue weighted by Gasteiger charge is 2.35. The summed E-state index contributed by atoms with van der Waals surface area (Å²) in [4.78, 5) is 13.2. The van der Waals surface area contributed by atoms with Crippen LogP contribution in [0, 0.1) is 0 Å². The first-order valence-electron chi connectivity index (χ1n) is 6.58. The maximum absolute atomic E-state index is 9.86. The van der Waals surface area contributed by atoms with E-state index in [0.717, 1.165) is 0 Å². The van der Waals surface area contributed by atoms with Gasteiger partial charge in [-0.1, -0.05) is 11.8 Å². The van der Waals surface area contributed by atoms with Crippen LogP contribution in [0.2, 0.25) is 0 Å². The highest BCUT2D eigenvalue weighted by Crippen LogP contribution is 2.32. The molecule has 3 atom stereocenters. The van der Waals surface area contributed by atoms with Gasteiger partial charge in [0.1, 0.15) is 12.3 Å². The van der Waals surface area contributed by atoms with Crippen LogP contribution in [0.3, 0.4) is 0 Å². The number of nitrogens with one attached hydrogen (secondary N) is 1. The largest absolute Gasteiger partial charge is 0.394 e. The summed E-state index contributed by atoms with van der Waals surface area (Å²) < 4.78 is 7.43. The van der Waals surface area contributed by atoms with Gasteiger partial charge in [0, 0.05) is 13.5 Å². The second kappa shape index (κ2) is 5.76. The molecule has 1 saturated heterocycles. The minimum absolute atomic E-state index is 0.211. The Morgan fingerprint density at radius 2 is 2.33 bits per heavy atom. The summed E-state index contributed by atoms with van der Waals surface area (Å²) in [7, 11) is 1.78. The quantitative estimate of drug-likeness (QED) is 0.544. The third-order valence-electron chi connectivity index (χ3n) is 3.51. The van der Waals surface area contributed by atoms with Crippen LogP contribution in [0.4, 0.5) is 5.82 Å². The zero-order valence-electron chi connectivity index (χ0n) is 11.7. The monoisotopic (exact) mass is 311 g/mol. The van der Waals surface area contributed by atoms with Gasteiger partial charge >= 0.3 is 0 Å². The number of anilines is 1. The van der Waals surface area contributed by atoms with E-state index in [1.165, 1.54) is 11.8 Å². The molecule has 0 radical (unpaired) electrons. The molecule has 1 fully saturated rings. The first kappa shape index (κ1) is 14.5. The molecule has 1 aliphatic rings. The second-order valence-corrected chi connectivity index (χ2v) is 5.52. The van der Waals surface area contributed by atoms with Gasteiger partial charge in [0.25, 0.3) is 0 Å². The van der Waals surface area contributed by atoms with Crippen molar-refractivity contribution >= 4 is 28.7 Å². The number of hydrogen-bond donors (Lipinski definition) is 3. The van der Waals surface area contributed by atoms with Gasteiger partial charge in [0.2, 0.25) is 0 Å². The van der Waals surface area contributed by atoms with Crippen molar-refractivity contribution in [2.75, 3.05) is 25.2 Å². The van der Waals surface area contributed by atoms with Gasteiger partial charge in [-0.25, -0.2) is 15.0 Å². The van der Waals surface area contributed by atoms with E-state index in [0.29, 0.717) is 28.6 Å². The van der Waals surface area contributed by atoms with Crippen LogP contribution in [0.5, 0.6) is 0 Å². The van der Waals surface area contributed by atoms with Crippen molar-refractivity contribution < 1.29 is 14.9 Å². The van der Waals surface area contributed by atoms with E-state index in [9.17, 15) is 10.2 Å². The summed E-state index contributed by atoms with van der Waals surface area (Å²) in [5.41, 5.74) is 1.30. The molecule has 2 aromatic heterocycles. The molecule has 8 nitrogen and oxygen atoms in total. The number of fused-ring (bicyclic) bond motifs is 1. The predicted octanol–water partition coefficient (Wildman–Crippen LogP) is 0.231. The van der Waals surface area contributed by atoms with Crippen LogP contribution in [-0.2, 0) is 4.74 Å². The maximum Gasteiger partial charge on any atom is 0.191 e. The number of thioether (sulfide) groups is 1. The fourth-order valence-corrected chi connectivity index (χ4v) is 2.78. The molecule has 3 N–H and O–H groups in total. The van der Waals surface area contributed by atoms with Crippen LogP contribution in [0.15, 0.2) is 11.5 Å². The molecule has 1 aliphatic heterocycles. The first-order chi connectivity index (χ1) is 10.2. The van der Waals surface area contributed by atoms with Crippen molar-refractivity contribution in [3.63, 3.8) is 0 Å². The number of aromatic nitrogens is 4. The lowest BCUT2D eigenvalue weighted by molar-refractivity contribution is -0.0432. The van der Waals surface area contributed by atoms with Crippen molar-refractivity contribution in [3.05, 3.63) is 6.33 Å². The van der Waals surface area contributed by atoms with Crippen LogP contribution >= 0.6 is 11.8 Å². The second-order valence-electron chi connectivity index (χ2n) is 4.75. The summed E-state index contributed by atoms with van der Waals surface area (Å²) in [6.45, 7) is -0.211. The smallest absolute Gasteiger partial charge is 0.191 e. The maximum atomic E-state index is 9.86. The third-order valence-corrected chi connectivity index (χ3v) is 4.06. The Kier molecular flexibility index (Phi) is 3.98. The zero-order chi connectivity index (χ0) is 15.0. The van der Waals surface area contributed by atoms with Crippen LogP contribution in [0.25, 0.3) is 11.2 Å². The SMILES string of the molecule is CNc1nc(SC)nc2c1ncn2[C@H]1C[C@H](O)[C@@H](CO)O1. The van der Waals surface area contributed by atoms with Crippen molar-refractivity contribution in [3.8, 4) is 0 Å². The normalized spacial score (nSPS) is 25.6. The molecule has 0 aromatic carbocycles. The van der Waals surface area contributed by atoms with Gasteiger partial charge in [-0.3, -0.25) is 4.57 Å². The van der Waals surface area contributed by atoms with Crippen molar-refractivity contribution in [1.82, 2.24) is 19.5 Å². The highest BCUT2D eigenvalue weighted by molar-refractivity contribution is 7.98. The fraction of sp³-hybridized carbons (Fsp3) is 0.583. The third kappa shape index (κ3) is 2.46. The van der Waals surface area contributed by atoms with E-state index in [2.05, 4.69) is 20.3 Å². The van der Waals surface area contributed by atoms with E-state index in [-0.39, 0.29) is 6.61 Å². The molecule has 0 amide bonds. The van der Waals surface area contributed by atoms with E-state index >= 15 is 0 Å². The van der Waals surface area contributed by atoms with Crippen molar-refractivity contribution in [2.45, 2.75) is 30.0 Å². The number of imidazole rings is 1. The van der Waals surface area contributed by atoms with E-state index in [4.69, 9.17) is 4.74 Å². The van der Waals surface area contributed by atoms with Crippen LogP contribution in [-0.4, -0.2) is 61.9 Å². The molecule has 114 valence electrons. The predicted molar refractivity (Wildman–Crippen MR) is 78.3 cm³/mol.